The number of aromatic hydroxyl groups is 1. The topological polar surface area (TPSA) is 61.4 Å². The Morgan fingerprint density at radius 1 is 1.26 bits per heavy atom. The van der Waals surface area contributed by atoms with Crippen molar-refractivity contribution < 1.29 is 9.90 Å². The molecule has 0 heterocycles. The van der Waals surface area contributed by atoms with E-state index in [4.69, 9.17) is 0 Å². The molecule has 2 rings (SSSR count). The molecule has 3 N–H and O–H groups in total. The normalized spacial score (nSPS) is 14.4. The third kappa shape index (κ3) is 3.96. The van der Waals surface area contributed by atoms with Crippen molar-refractivity contribution in [2.75, 3.05) is 13.1 Å². The van der Waals surface area contributed by atoms with E-state index in [2.05, 4.69) is 10.6 Å². The Labute approximate surface area is 114 Å². The van der Waals surface area contributed by atoms with Gasteiger partial charge in [0.25, 0.3) is 0 Å². The lowest BCUT2D eigenvalue weighted by molar-refractivity contribution is -0.122. The minimum absolute atomic E-state index is 0.193. The zero-order valence-electron chi connectivity index (χ0n) is 11.6. The SMILES string of the molecule is Cc1cc(CNCCNC(=O)C2CC2)cc(C)c1O. The number of nitrogens with one attached hydrogen (secondary N) is 2. The molecule has 0 spiro atoms. The Kier molecular flexibility index (Phi) is 4.43. The second-order valence-corrected chi connectivity index (χ2v) is 5.32. The van der Waals surface area contributed by atoms with Gasteiger partial charge < -0.3 is 15.7 Å². The molecule has 4 nitrogen and oxygen atoms in total. The molecule has 0 aliphatic heterocycles. The van der Waals surface area contributed by atoms with E-state index in [0.717, 1.165) is 42.6 Å². The summed E-state index contributed by atoms with van der Waals surface area (Å²) >= 11 is 0. The second kappa shape index (κ2) is 6.06. The van der Waals surface area contributed by atoms with Crippen LogP contribution in [0.4, 0.5) is 0 Å². The number of benzene rings is 1. The molecule has 0 bridgehead atoms. The van der Waals surface area contributed by atoms with Crippen LogP contribution in [0.15, 0.2) is 12.1 Å². The standard InChI is InChI=1S/C15H22N2O2/c1-10-7-12(8-11(2)14(10)18)9-16-5-6-17-15(19)13-3-4-13/h7-8,13,16,18H,3-6,9H2,1-2H3,(H,17,19). The molecular formula is C15H22N2O2. The van der Waals surface area contributed by atoms with Gasteiger partial charge in [-0.25, -0.2) is 0 Å². The molecule has 1 aliphatic carbocycles. The number of hydrogen-bond donors (Lipinski definition) is 3. The summed E-state index contributed by atoms with van der Waals surface area (Å²) in [5.41, 5.74) is 2.96. The maximum absolute atomic E-state index is 11.4. The first-order chi connectivity index (χ1) is 9.08. The number of phenols is 1. The van der Waals surface area contributed by atoms with Crippen molar-refractivity contribution in [1.29, 1.82) is 0 Å². The van der Waals surface area contributed by atoms with Gasteiger partial charge in [-0.3, -0.25) is 4.79 Å². The number of hydrogen-bond acceptors (Lipinski definition) is 3. The Morgan fingerprint density at radius 3 is 2.47 bits per heavy atom. The first kappa shape index (κ1) is 13.9. The Morgan fingerprint density at radius 2 is 1.89 bits per heavy atom. The molecule has 0 aromatic heterocycles. The van der Waals surface area contributed by atoms with Crippen molar-refractivity contribution in [3.8, 4) is 5.75 Å². The van der Waals surface area contributed by atoms with Gasteiger partial charge in [0.15, 0.2) is 0 Å². The third-order valence-corrected chi connectivity index (χ3v) is 3.43. The van der Waals surface area contributed by atoms with Crippen LogP contribution in [-0.2, 0) is 11.3 Å². The molecule has 1 aromatic rings. The average Bonchev–Trinajstić information content (AvgIpc) is 3.19. The number of carbonyl (C=O) groups is 1. The largest absolute Gasteiger partial charge is 0.507 e. The van der Waals surface area contributed by atoms with Crippen LogP contribution in [0.5, 0.6) is 5.75 Å². The van der Waals surface area contributed by atoms with Gasteiger partial charge in [-0.15, -0.1) is 0 Å². The smallest absolute Gasteiger partial charge is 0.223 e. The van der Waals surface area contributed by atoms with E-state index in [0.29, 0.717) is 12.3 Å². The van der Waals surface area contributed by atoms with E-state index in [1.807, 2.05) is 26.0 Å². The van der Waals surface area contributed by atoms with E-state index in [1.54, 1.807) is 0 Å². The maximum Gasteiger partial charge on any atom is 0.223 e. The molecule has 1 amide bonds. The monoisotopic (exact) mass is 262 g/mol. The molecule has 0 radical (unpaired) electrons. The molecule has 0 atom stereocenters. The van der Waals surface area contributed by atoms with Crippen LogP contribution >= 0.6 is 0 Å². The number of aryl methyl sites for hydroxylation is 2. The lowest BCUT2D eigenvalue weighted by atomic mass is 10.1. The summed E-state index contributed by atoms with van der Waals surface area (Å²) in [7, 11) is 0. The third-order valence-electron chi connectivity index (χ3n) is 3.43. The first-order valence-corrected chi connectivity index (χ1v) is 6.85. The number of carbonyl (C=O) groups excluding carboxylic acids is 1. The lowest BCUT2D eigenvalue weighted by Gasteiger charge is -2.09. The summed E-state index contributed by atoms with van der Waals surface area (Å²) in [6, 6.07) is 3.97. The van der Waals surface area contributed by atoms with Gasteiger partial charge in [-0.05, 0) is 43.4 Å². The van der Waals surface area contributed by atoms with Crippen molar-refractivity contribution in [2.24, 2.45) is 5.92 Å². The molecule has 0 saturated heterocycles. The number of amides is 1. The van der Waals surface area contributed by atoms with Gasteiger partial charge >= 0.3 is 0 Å². The summed E-state index contributed by atoms with van der Waals surface area (Å²) in [5.74, 6) is 0.848. The predicted molar refractivity (Wildman–Crippen MR) is 75.0 cm³/mol. The van der Waals surface area contributed by atoms with Gasteiger partial charge in [0.05, 0.1) is 0 Å². The fourth-order valence-electron chi connectivity index (χ4n) is 2.14. The molecule has 104 valence electrons. The van der Waals surface area contributed by atoms with Crippen LogP contribution in [0.2, 0.25) is 0 Å². The fraction of sp³-hybridized carbons (Fsp3) is 0.533. The van der Waals surface area contributed by atoms with Crippen molar-refractivity contribution >= 4 is 5.91 Å². The van der Waals surface area contributed by atoms with Gasteiger partial charge in [-0.1, -0.05) is 12.1 Å². The van der Waals surface area contributed by atoms with E-state index >= 15 is 0 Å². The van der Waals surface area contributed by atoms with Crippen LogP contribution in [0.1, 0.15) is 29.5 Å². The summed E-state index contributed by atoms with van der Waals surface area (Å²) in [6.45, 7) is 5.99. The summed E-state index contributed by atoms with van der Waals surface area (Å²) < 4.78 is 0. The van der Waals surface area contributed by atoms with Crippen LogP contribution in [0.3, 0.4) is 0 Å². The van der Waals surface area contributed by atoms with Crippen molar-refractivity contribution in [3.05, 3.63) is 28.8 Å². The minimum Gasteiger partial charge on any atom is -0.507 e. The van der Waals surface area contributed by atoms with Crippen molar-refractivity contribution in [1.82, 2.24) is 10.6 Å². The lowest BCUT2D eigenvalue weighted by Crippen LogP contribution is -2.32. The highest BCUT2D eigenvalue weighted by atomic mass is 16.3. The molecule has 1 aliphatic rings. The predicted octanol–water partition coefficient (Wildman–Crippen LogP) is 1.62. The van der Waals surface area contributed by atoms with Gasteiger partial charge in [0.1, 0.15) is 5.75 Å². The quantitative estimate of drug-likeness (QED) is 0.683. The average molecular weight is 262 g/mol. The summed E-state index contributed by atoms with van der Waals surface area (Å²) in [6.07, 6.45) is 2.09. The Balaban J connectivity index is 1.69. The molecule has 19 heavy (non-hydrogen) atoms. The number of rotatable bonds is 6. The number of phenolic OH excluding ortho intramolecular Hbond substituents is 1. The Hall–Kier alpha value is -1.55. The van der Waals surface area contributed by atoms with E-state index in [9.17, 15) is 9.90 Å². The highest BCUT2D eigenvalue weighted by molar-refractivity contribution is 5.80. The van der Waals surface area contributed by atoms with Crippen LogP contribution in [0.25, 0.3) is 0 Å². The van der Waals surface area contributed by atoms with Crippen LogP contribution < -0.4 is 10.6 Å². The molecule has 0 unspecified atom stereocenters. The minimum atomic E-state index is 0.193. The Bertz CT molecular complexity index is 444. The zero-order valence-corrected chi connectivity index (χ0v) is 11.6. The second-order valence-electron chi connectivity index (χ2n) is 5.32. The van der Waals surface area contributed by atoms with Crippen LogP contribution in [0, 0.1) is 19.8 Å². The molecule has 1 fully saturated rings. The van der Waals surface area contributed by atoms with Crippen molar-refractivity contribution in [3.63, 3.8) is 0 Å². The highest BCUT2D eigenvalue weighted by Gasteiger charge is 2.28. The first-order valence-electron chi connectivity index (χ1n) is 6.85. The summed E-state index contributed by atoms with van der Waals surface area (Å²) in [5, 5.41) is 15.9. The maximum atomic E-state index is 11.4. The van der Waals surface area contributed by atoms with E-state index in [1.165, 1.54) is 0 Å². The molecule has 1 saturated carbocycles. The van der Waals surface area contributed by atoms with Gasteiger partial charge in [0.2, 0.25) is 5.91 Å². The van der Waals surface area contributed by atoms with E-state index < -0.39 is 0 Å². The van der Waals surface area contributed by atoms with Crippen molar-refractivity contribution in [2.45, 2.75) is 33.2 Å². The fourth-order valence-corrected chi connectivity index (χ4v) is 2.14. The molecule has 4 heteroatoms. The zero-order chi connectivity index (χ0) is 13.8. The van der Waals surface area contributed by atoms with Gasteiger partial charge in [0, 0.05) is 25.6 Å². The van der Waals surface area contributed by atoms with Gasteiger partial charge in [-0.2, -0.15) is 0 Å². The van der Waals surface area contributed by atoms with Crippen LogP contribution in [-0.4, -0.2) is 24.1 Å². The molecular weight excluding hydrogens is 240 g/mol. The van der Waals surface area contributed by atoms with E-state index in [-0.39, 0.29) is 11.8 Å². The molecule has 1 aromatic carbocycles. The highest BCUT2D eigenvalue weighted by Crippen LogP contribution is 2.28. The summed E-state index contributed by atoms with van der Waals surface area (Å²) in [4.78, 5) is 11.4.